The highest BCUT2D eigenvalue weighted by molar-refractivity contribution is 6.22. The van der Waals surface area contributed by atoms with Gasteiger partial charge in [0.25, 0.3) is 0 Å². The molecule has 3 heteroatoms. The molecule has 0 saturated heterocycles. The molecule has 0 aliphatic carbocycles. The second-order valence-corrected chi connectivity index (χ2v) is 3.31. The molecule has 0 heterocycles. The smallest absolute Gasteiger partial charge is 0.0427 e. The van der Waals surface area contributed by atoms with Gasteiger partial charge in [-0.2, -0.15) is 0 Å². The topological polar surface area (TPSA) is 12.0 Å². The van der Waals surface area contributed by atoms with Crippen molar-refractivity contribution in [2.75, 3.05) is 18.3 Å². The van der Waals surface area contributed by atoms with Crippen LogP contribution in [0.3, 0.4) is 0 Å². The normalized spacial score (nSPS) is 12.7. The van der Waals surface area contributed by atoms with Crippen LogP contribution in [-0.2, 0) is 0 Å². The Morgan fingerprint density at radius 3 is 2.27 bits per heavy atom. The number of rotatable bonds is 5. The van der Waals surface area contributed by atoms with Crippen LogP contribution in [0.25, 0.3) is 0 Å². The standard InChI is InChI=1S/C8H15Cl2N/c1-3-4-5-11-8(2,6-9)7-10/h3-4,11H,5-7H2,1-2H3/b4-3+. The van der Waals surface area contributed by atoms with Gasteiger partial charge in [-0.25, -0.2) is 0 Å². The third-order valence-corrected chi connectivity index (χ3v) is 2.65. The van der Waals surface area contributed by atoms with E-state index in [9.17, 15) is 0 Å². The minimum atomic E-state index is -0.136. The molecule has 0 radical (unpaired) electrons. The third-order valence-electron chi connectivity index (χ3n) is 1.47. The van der Waals surface area contributed by atoms with Crippen molar-refractivity contribution in [2.24, 2.45) is 0 Å². The average Bonchev–Trinajstić information content (AvgIpc) is 2.05. The van der Waals surface area contributed by atoms with E-state index in [1.807, 2.05) is 26.0 Å². The maximum absolute atomic E-state index is 5.72. The van der Waals surface area contributed by atoms with Gasteiger partial charge in [0, 0.05) is 23.8 Å². The SMILES string of the molecule is C/C=C/CNC(C)(CCl)CCl. The lowest BCUT2D eigenvalue weighted by Crippen LogP contribution is -2.45. The molecule has 0 unspecified atom stereocenters. The lowest BCUT2D eigenvalue weighted by Gasteiger charge is -2.25. The molecule has 1 nitrogen and oxygen atoms in total. The van der Waals surface area contributed by atoms with Crippen molar-refractivity contribution in [1.82, 2.24) is 5.32 Å². The minimum Gasteiger partial charge on any atom is -0.306 e. The Hall–Kier alpha value is 0.280. The number of nitrogens with one attached hydrogen (secondary N) is 1. The first kappa shape index (κ1) is 11.3. The molecule has 0 rings (SSSR count). The van der Waals surface area contributed by atoms with Crippen LogP contribution < -0.4 is 5.32 Å². The fourth-order valence-electron chi connectivity index (χ4n) is 0.553. The fourth-order valence-corrected chi connectivity index (χ4v) is 1.03. The molecule has 0 aliphatic rings. The van der Waals surface area contributed by atoms with Crippen LogP contribution in [0.1, 0.15) is 13.8 Å². The van der Waals surface area contributed by atoms with Gasteiger partial charge in [0.2, 0.25) is 0 Å². The highest BCUT2D eigenvalue weighted by atomic mass is 35.5. The van der Waals surface area contributed by atoms with Crippen LogP contribution in [0.15, 0.2) is 12.2 Å². The van der Waals surface area contributed by atoms with Gasteiger partial charge in [-0.3, -0.25) is 0 Å². The van der Waals surface area contributed by atoms with Crippen molar-refractivity contribution in [3.05, 3.63) is 12.2 Å². The first-order valence-electron chi connectivity index (χ1n) is 3.66. The molecule has 66 valence electrons. The van der Waals surface area contributed by atoms with Gasteiger partial charge in [0.05, 0.1) is 0 Å². The molecule has 0 aromatic heterocycles. The molecule has 0 aromatic carbocycles. The van der Waals surface area contributed by atoms with E-state index in [0.717, 1.165) is 6.54 Å². The summed E-state index contributed by atoms with van der Waals surface area (Å²) in [5.41, 5.74) is -0.136. The van der Waals surface area contributed by atoms with Gasteiger partial charge in [0.15, 0.2) is 0 Å². The lowest BCUT2D eigenvalue weighted by molar-refractivity contribution is 0.461. The van der Waals surface area contributed by atoms with Crippen molar-refractivity contribution < 1.29 is 0 Å². The lowest BCUT2D eigenvalue weighted by atomic mass is 10.1. The van der Waals surface area contributed by atoms with Crippen molar-refractivity contribution in [3.8, 4) is 0 Å². The van der Waals surface area contributed by atoms with E-state index in [0.29, 0.717) is 11.8 Å². The predicted octanol–water partition coefficient (Wildman–Crippen LogP) is 2.39. The highest BCUT2D eigenvalue weighted by Gasteiger charge is 2.19. The Kier molecular flexibility index (Phi) is 6.02. The van der Waals surface area contributed by atoms with Crippen LogP contribution in [0.2, 0.25) is 0 Å². The quantitative estimate of drug-likeness (QED) is 0.525. The van der Waals surface area contributed by atoms with Crippen LogP contribution in [-0.4, -0.2) is 23.8 Å². The van der Waals surface area contributed by atoms with E-state index in [1.165, 1.54) is 0 Å². The van der Waals surface area contributed by atoms with E-state index in [-0.39, 0.29) is 5.54 Å². The van der Waals surface area contributed by atoms with Crippen molar-refractivity contribution in [1.29, 1.82) is 0 Å². The summed E-state index contributed by atoms with van der Waals surface area (Å²) in [5, 5.41) is 3.25. The zero-order chi connectivity index (χ0) is 8.74. The summed E-state index contributed by atoms with van der Waals surface area (Å²) < 4.78 is 0. The van der Waals surface area contributed by atoms with E-state index in [4.69, 9.17) is 23.2 Å². The molecule has 0 bridgehead atoms. The van der Waals surface area contributed by atoms with Crippen LogP contribution in [0, 0.1) is 0 Å². The van der Waals surface area contributed by atoms with E-state index in [1.54, 1.807) is 0 Å². The van der Waals surface area contributed by atoms with Crippen LogP contribution in [0.4, 0.5) is 0 Å². The summed E-state index contributed by atoms with van der Waals surface area (Å²) in [6, 6.07) is 0. The van der Waals surface area contributed by atoms with Crippen molar-refractivity contribution >= 4 is 23.2 Å². The monoisotopic (exact) mass is 195 g/mol. The maximum Gasteiger partial charge on any atom is 0.0427 e. The molecule has 0 atom stereocenters. The molecule has 0 aliphatic heterocycles. The molecule has 0 saturated carbocycles. The van der Waals surface area contributed by atoms with Gasteiger partial charge in [0.1, 0.15) is 0 Å². The number of hydrogen-bond acceptors (Lipinski definition) is 1. The number of alkyl halides is 2. The molecule has 0 amide bonds. The molecular weight excluding hydrogens is 181 g/mol. The Morgan fingerprint density at radius 1 is 1.36 bits per heavy atom. The molecule has 0 fully saturated rings. The summed E-state index contributed by atoms with van der Waals surface area (Å²) in [4.78, 5) is 0. The van der Waals surface area contributed by atoms with Gasteiger partial charge in [-0.05, 0) is 13.8 Å². The first-order chi connectivity index (χ1) is 5.18. The van der Waals surface area contributed by atoms with E-state index >= 15 is 0 Å². The first-order valence-corrected chi connectivity index (χ1v) is 4.73. The summed E-state index contributed by atoms with van der Waals surface area (Å²) in [5.74, 6) is 1.07. The maximum atomic E-state index is 5.72. The second kappa shape index (κ2) is 5.87. The second-order valence-electron chi connectivity index (χ2n) is 2.78. The largest absolute Gasteiger partial charge is 0.306 e. The number of hydrogen-bond donors (Lipinski definition) is 1. The third kappa shape index (κ3) is 4.67. The van der Waals surface area contributed by atoms with Crippen LogP contribution in [0.5, 0.6) is 0 Å². The fraction of sp³-hybridized carbons (Fsp3) is 0.750. The molecule has 1 N–H and O–H groups in total. The van der Waals surface area contributed by atoms with E-state index in [2.05, 4.69) is 5.32 Å². The van der Waals surface area contributed by atoms with Gasteiger partial charge >= 0.3 is 0 Å². The molecular formula is C8H15Cl2N. The molecule has 0 spiro atoms. The average molecular weight is 196 g/mol. The zero-order valence-electron chi connectivity index (χ0n) is 7.03. The number of allylic oxidation sites excluding steroid dienone is 1. The minimum absolute atomic E-state index is 0.136. The van der Waals surface area contributed by atoms with Gasteiger partial charge in [-0.1, -0.05) is 12.2 Å². The Labute approximate surface area is 78.8 Å². The van der Waals surface area contributed by atoms with E-state index < -0.39 is 0 Å². The summed E-state index contributed by atoms with van der Waals surface area (Å²) in [6.07, 6.45) is 4.03. The zero-order valence-corrected chi connectivity index (χ0v) is 8.54. The highest BCUT2D eigenvalue weighted by Crippen LogP contribution is 2.07. The number of halogens is 2. The summed E-state index contributed by atoms with van der Waals surface area (Å²) in [6.45, 7) is 4.82. The molecule has 11 heavy (non-hydrogen) atoms. The summed E-state index contributed by atoms with van der Waals surface area (Å²) in [7, 11) is 0. The van der Waals surface area contributed by atoms with Gasteiger partial charge < -0.3 is 5.32 Å². The predicted molar refractivity (Wildman–Crippen MR) is 52.7 cm³/mol. The Bertz CT molecular complexity index is 119. The Balaban J connectivity index is 3.68. The van der Waals surface area contributed by atoms with Crippen molar-refractivity contribution in [2.45, 2.75) is 19.4 Å². The summed E-state index contributed by atoms with van der Waals surface area (Å²) >= 11 is 11.4. The molecule has 0 aromatic rings. The Morgan fingerprint density at radius 2 is 1.91 bits per heavy atom. The van der Waals surface area contributed by atoms with Crippen LogP contribution >= 0.6 is 23.2 Å². The van der Waals surface area contributed by atoms with Gasteiger partial charge in [-0.15, -0.1) is 23.2 Å². The van der Waals surface area contributed by atoms with Crippen molar-refractivity contribution in [3.63, 3.8) is 0 Å².